The lowest BCUT2D eigenvalue weighted by molar-refractivity contribution is -0.00618. The van der Waals surface area contributed by atoms with Crippen LogP contribution < -0.4 is 0 Å². The van der Waals surface area contributed by atoms with Crippen LogP contribution in [0.1, 0.15) is 5.56 Å². The van der Waals surface area contributed by atoms with Gasteiger partial charge in [-0.1, -0.05) is 24.3 Å². The Kier molecular flexibility index (Phi) is 4.67. The molecule has 2 aliphatic heterocycles. The third-order valence-corrected chi connectivity index (χ3v) is 5.05. The van der Waals surface area contributed by atoms with Gasteiger partial charge in [-0.05, 0) is 17.7 Å². The topological polar surface area (TPSA) is 49.1 Å². The number of hydrogen-bond acceptors (Lipinski definition) is 5. The lowest BCUT2D eigenvalue weighted by Gasteiger charge is -2.33. The molecule has 0 spiro atoms. The van der Waals surface area contributed by atoms with Crippen molar-refractivity contribution in [2.45, 2.75) is 18.7 Å². The van der Waals surface area contributed by atoms with Gasteiger partial charge < -0.3 is 14.3 Å². The minimum atomic E-state index is -0.293. The van der Waals surface area contributed by atoms with E-state index >= 15 is 0 Å². The minimum Gasteiger partial charge on any atom is -0.464 e. The number of morpholine rings is 1. The molecule has 1 N–H and O–H groups in total. The molecule has 0 amide bonds. The zero-order chi connectivity index (χ0) is 16.4. The number of likely N-dealkylation sites (tertiary alicyclic amines) is 1. The highest BCUT2D eigenvalue weighted by molar-refractivity contribution is 5.61. The summed E-state index contributed by atoms with van der Waals surface area (Å²) in [6.45, 7) is 5.81. The number of aliphatic hydroxyl groups is 1. The van der Waals surface area contributed by atoms with Crippen LogP contribution in [0.15, 0.2) is 47.1 Å². The Labute approximate surface area is 142 Å². The summed E-state index contributed by atoms with van der Waals surface area (Å²) >= 11 is 0. The molecule has 0 aliphatic carbocycles. The molecule has 2 fully saturated rings. The summed E-state index contributed by atoms with van der Waals surface area (Å²) < 4.78 is 11.0. The van der Waals surface area contributed by atoms with Crippen LogP contribution in [0.2, 0.25) is 0 Å². The van der Waals surface area contributed by atoms with Crippen molar-refractivity contribution in [3.63, 3.8) is 0 Å². The van der Waals surface area contributed by atoms with E-state index in [1.165, 1.54) is 5.56 Å². The minimum absolute atomic E-state index is 0.213. The first-order valence-electron chi connectivity index (χ1n) is 8.65. The van der Waals surface area contributed by atoms with Gasteiger partial charge in [-0.25, -0.2) is 0 Å². The highest BCUT2D eigenvalue weighted by Crippen LogP contribution is 2.27. The SMILES string of the molecule is O[C@@H]1CN(Cc2ccccc2-c2ccco2)C[C@H]1N1CCOCC1. The Morgan fingerprint density at radius 1 is 1.04 bits per heavy atom. The first-order valence-corrected chi connectivity index (χ1v) is 8.65. The number of aliphatic hydroxyl groups excluding tert-OH is 1. The first-order chi connectivity index (χ1) is 11.8. The number of benzene rings is 1. The summed E-state index contributed by atoms with van der Waals surface area (Å²) in [5.74, 6) is 0.898. The molecule has 1 aromatic heterocycles. The lowest BCUT2D eigenvalue weighted by atomic mass is 10.0. The van der Waals surface area contributed by atoms with Crippen molar-refractivity contribution in [2.24, 2.45) is 0 Å². The maximum absolute atomic E-state index is 10.5. The predicted molar refractivity (Wildman–Crippen MR) is 91.6 cm³/mol. The molecule has 2 aromatic rings. The van der Waals surface area contributed by atoms with Gasteiger partial charge in [0.15, 0.2) is 0 Å². The molecule has 3 heterocycles. The molecule has 2 aliphatic rings. The molecule has 1 aromatic carbocycles. The normalized spacial score (nSPS) is 26.0. The second kappa shape index (κ2) is 7.07. The molecule has 5 heteroatoms. The van der Waals surface area contributed by atoms with Crippen LogP contribution in [0.4, 0.5) is 0 Å². The molecule has 0 saturated carbocycles. The van der Waals surface area contributed by atoms with Gasteiger partial charge in [0.05, 0.1) is 25.6 Å². The Bertz CT molecular complexity index is 652. The Hall–Kier alpha value is -1.66. The zero-order valence-corrected chi connectivity index (χ0v) is 13.8. The van der Waals surface area contributed by atoms with Crippen molar-refractivity contribution in [2.75, 3.05) is 39.4 Å². The van der Waals surface area contributed by atoms with Gasteiger partial charge in [0.25, 0.3) is 0 Å². The third-order valence-electron chi connectivity index (χ3n) is 5.05. The van der Waals surface area contributed by atoms with Gasteiger partial charge in [0.1, 0.15) is 5.76 Å². The van der Waals surface area contributed by atoms with Crippen LogP contribution in [-0.2, 0) is 11.3 Å². The molecule has 2 atom stereocenters. The molecule has 24 heavy (non-hydrogen) atoms. The van der Waals surface area contributed by atoms with Gasteiger partial charge in [-0.15, -0.1) is 0 Å². The summed E-state index contributed by atoms with van der Waals surface area (Å²) in [4.78, 5) is 4.71. The fourth-order valence-corrected chi connectivity index (χ4v) is 3.82. The van der Waals surface area contributed by atoms with Crippen molar-refractivity contribution in [1.82, 2.24) is 9.80 Å². The van der Waals surface area contributed by atoms with Crippen LogP contribution >= 0.6 is 0 Å². The summed E-state index contributed by atoms with van der Waals surface area (Å²) in [5.41, 5.74) is 2.37. The molecular formula is C19H24N2O3. The molecule has 0 radical (unpaired) electrons. The Morgan fingerprint density at radius 2 is 1.88 bits per heavy atom. The monoisotopic (exact) mass is 328 g/mol. The quantitative estimate of drug-likeness (QED) is 0.928. The molecule has 128 valence electrons. The van der Waals surface area contributed by atoms with E-state index in [1.54, 1.807) is 6.26 Å². The molecule has 0 bridgehead atoms. The van der Waals surface area contributed by atoms with Crippen molar-refractivity contribution >= 4 is 0 Å². The number of ether oxygens (including phenoxy) is 1. The number of hydrogen-bond donors (Lipinski definition) is 1. The van der Waals surface area contributed by atoms with Crippen molar-refractivity contribution in [1.29, 1.82) is 0 Å². The predicted octanol–water partition coefficient (Wildman–Crippen LogP) is 1.82. The molecule has 5 nitrogen and oxygen atoms in total. The van der Waals surface area contributed by atoms with E-state index in [1.807, 2.05) is 18.2 Å². The van der Waals surface area contributed by atoms with Crippen LogP contribution in [0.25, 0.3) is 11.3 Å². The number of furan rings is 1. The van der Waals surface area contributed by atoms with Crippen molar-refractivity contribution in [3.8, 4) is 11.3 Å². The summed E-state index contributed by atoms with van der Waals surface area (Å²) in [6, 6.07) is 12.5. The summed E-state index contributed by atoms with van der Waals surface area (Å²) in [5, 5.41) is 10.5. The molecule has 4 rings (SSSR count). The van der Waals surface area contributed by atoms with E-state index < -0.39 is 0 Å². The van der Waals surface area contributed by atoms with E-state index in [4.69, 9.17) is 9.15 Å². The van der Waals surface area contributed by atoms with Crippen LogP contribution in [0.5, 0.6) is 0 Å². The Morgan fingerprint density at radius 3 is 2.67 bits per heavy atom. The van der Waals surface area contributed by atoms with E-state index in [-0.39, 0.29) is 12.1 Å². The second-order valence-electron chi connectivity index (χ2n) is 6.61. The maximum Gasteiger partial charge on any atom is 0.134 e. The van der Waals surface area contributed by atoms with Gasteiger partial charge >= 0.3 is 0 Å². The van der Waals surface area contributed by atoms with Crippen molar-refractivity contribution < 1.29 is 14.3 Å². The lowest BCUT2D eigenvalue weighted by Crippen LogP contribution is -2.48. The van der Waals surface area contributed by atoms with Gasteiger partial charge in [-0.2, -0.15) is 0 Å². The number of nitrogens with zero attached hydrogens (tertiary/aromatic N) is 2. The van der Waals surface area contributed by atoms with E-state index in [2.05, 4.69) is 28.0 Å². The van der Waals surface area contributed by atoms with Crippen LogP contribution in [0.3, 0.4) is 0 Å². The maximum atomic E-state index is 10.5. The van der Waals surface area contributed by atoms with Crippen molar-refractivity contribution in [3.05, 3.63) is 48.2 Å². The summed E-state index contributed by atoms with van der Waals surface area (Å²) in [6.07, 6.45) is 1.42. The van der Waals surface area contributed by atoms with Crippen LogP contribution in [0, 0.1) is 0 Å². The highest BCUT2D eigenvalue weighted by atomic mass is 16.5. The largest absolute Gasteiger partial charge is 0.464 e. The fraction of sp³-hybridized carbons (Fsp3) is 0.474. The van der Waals surface area contributed by atoms with Gasteiger partial charge in [0.2, 0.25) is 0 Å². The molecule has 2 saturated heterocycles. The average Bonchev–Trinajstić information content (AvgIpc) is 3.26. The van der Waals surface area contributed by atoms with Gasteiger partial charge in [0, 0.05) is 44.3 Å². The molecule has 0 unspecified atom stereocenters. The van der Waals surface area contributed by atoms with Gasteiger partial charge in [-0.3, -0.25) is 9.80 Å². The van der Waals surface area contributed by atoms with Crippen LogP contribution in [-0.4, -0.2) is 66.4 Å². The molecular weight excluding hydrogens is 304 g/mol. The smallest absolute Gasteiger partial charge is 0.134 e. The van der Waals surface area contributed by atoms with E-state index in [0.29, 0.717) is 6.54 Å². The zero-order valence-electron chi connectivity index (χ0n) is 13.8. The first kappa shape index (κ1) is 15.8. The third kappa shape index (κ3) is 3.26. The fourth-order valence-electron chi connectivity index (χ4n) is 3.82. The highest BCUT2D eigenvalue weighted by Gasteiger charge is 2.36. The van der Waals surface area contributed by atoms with E-state index in [9.17, 15) is 5.11 Å². The number of rotatable bonds is 4. The second-order valence-corrected chi connectivity index (χ2v) is 6.61. The Balaban J connectivity index is 1.47. The van der Waals surface area contributed by atoms with E-state index in [0.717, 1.165) is 50.7 Å². The number of β-amino-alcohol motifs (C(OH)–C–C–N with tert-alkyl or cyclic N) is 1. The standard InChI is InChI=1S/C19H24N2O3/c22-18-14-20(13-17(18)21-7-10-23-11-8-21)12-15-4-1-2-5-16(15)19-6-3-9-24-19/h1-6,9,17-18,22H,7-8,10-14H2/t17-,18-/m1/s1. The average molecular weight is 328 g/mol. The summed E-state index contributed by atoms with van der Waals surface area (Å²) in [7, 11) is 0.